The Kier molecular flexibility index (Phi) is 3.65. The van der Waals surface area contributed by atoms with E-state index in [-0.39, 0.29) is 0 Å². The van der Waals surface area contributed by atoms with Crippen LogP contribution in [-0.2, 0) is 9.84 Å². The third kappa shape index (κ3) is 2.58. The maximum absolute atomic E-state index is 11.6. The maximum Gasteiger partial charge on any atom is 0.151 e. The molecule has 4 nitrogen and oxygen atoms in total. The lowest BCUT2D eigenvalue weighted by Crippen LogP contribution is -2.46. The molecule has 3 aliphatic rings. The van der Waals surface area contributed by atoms with Crippen molar-refractivity contribution in [3.63, 3.8) is 0 Å². The van der Waals surface area contributed by atoms with E-state index in [2.05, 4.69) is 10.2 Å². The zero-order chi connectivity index (χ0) is 12.6. The number of sulfone groups is 1. The van der Waals surface area contributed by atoms with Crippen LogP contribution in [0.4, 0.5) is 0 Å². The Labute approximate surface area is 110 Å². The summed E-state index contributed by atoms with van der Waals surface area (Å²) in [6, 6.07) is 0.975. The first-order valence-electron chi connectivity index (χ1n) is 7.32. The van der Waals surface area contributed by atoms with Gasteiger partial charge in [-0.2, -0.15) is 0 Å². The highest BCUT2D eigenvalue weighted by Crippen LogP contribution is 2.33. The van der Waals surface area contributed by atoms with Crippen molar-refractivity contribution in [2.75, 3.05) is 31.1 Å². The van der Waals surface area contributed by atoms with Crippen LogP contribution in [0.5, 0.6) is 0 Å². The molecule has 2 atom stereocenters. The van der Waals surface area contributed by atoms with Gasteiger partial charge in [-0.1, -0.05) is 0 Å². The Morgan fingerprint density at radius 2 is 1.83 bits per heavy atom. The molecule has 0 aliphatic carbocycles. The van der Waals surface area contributed by atoms with Crippen LogP contribution >= 0.6 is 0 Å². The summed E-state index contributed by atoms with van der Waals surface area (Å²) in [4.78, 5) is 2.54. The molecule has 0 aromatic heterocycles. The van der Waals surface area contributed by atoms with Gasteiger partial charge in [0.25, 0.3) is 0 Å². The highest BCUT2D eigenvalue weighted by atomic mass is 32.2. The molecule has 0 amide bonds. The summed E-state index contributed by atoms with van der Waals surface area (Å²) in [7, 11) is -2.74. The van der Waals surface area contributed by atoms with Gasteiger partial charge in [0, 0.05) is 12.1 Å². The molecule has 3 rings (SSSR count). The molecular formula is C13H24N2O2S. The van der Waals surface area contributed by atoms with E-state index in [4.69, 9.17) is 0 Å². The zero-order valence-electron chi connectivity index (χ0n) is 11.0. The average molecular weight is 272 g/mol. The Morgan fingerprint density at radius 1 is 1.06 bits per heavy atom. The van der Waals surface area contributed by atoms with E-state index in [1.807, 2.05) is 0 Å². The van der Waals surface area contributed by atoms with Crippen molar-refractivity contribution < 1.29 is 8.42 Å². The summed E-state index contributed by atoms with van der Waals surface area (Å²) in [5.41, 5.74) is 0. The van der Waals surface area contributed by atoms with Crippen molar-refractivity contribution in [1.29, 1.82) is 0 Å². The summed E-state index contributed by atoms with van der Waals surface area (Å²) in [5.74, 6) is 1.61. The minimum atomic E-state index is -2.74. The minimum absolute atomic E-state index is 0.317. The summed E-state index contributed by atoms with van der Waals surface area (Å²) in [5, 5.41) is 3.42. The number of rotatable bonds is 2. The van der Waals surface area contributed by atoms with Gasteiger partial charge in [0.2, 0.25) is 0 Å². The summed E-state index contributed by atoms with van der Waals surface area (Å²) in [6.07, 6.45) is 5.93. The predicted molar refractivity (Wildman–Crippen MR) is 72.4 cm³/mol. The maximum atomic E-state index is 11.6. The van der Waals surface area contributed by atoms with Crippen molar-refractivity contribution >= 4 is 9.84 Å². The Hall–Kier alpha value is -0.130. The molecule has 5 heteroatoms. The lowest BCUT2D eigenvalue weighted by atomic mass is 9.88. The first kappa shape index (κ1) is 12.9. The highest BCUT2D eigenvalue weighted by Gasteiger charge is 2.40. The smallest absolute Gasteiger partial charge is 0.151 e. The van der Waals surface area contributed by atoms with Gasteiger partial charge in [-0.15, -0.1) is 0 Å². The molecule has 0 bridgehead atoms. The molecule has 1 N–H and O–H groups in total. The molecule has 3 fully saturated rings. The normalized spacial score (nSPS) is 38.2. The molecule has 3 aliphatic heterocycles. The zero-order valence-corrected chi connectivity index (χ0v) is 11.8. The van der Waals surface area contributed by atoms with Crippen molar-refractivity contribution in [3.05, 3.63) is 0 Å². The molecule has 0 saturated carbocycles. The lowest BCUT2D eigenvalue weighted by Gasteiger charge is -2.37. The second kappa shape index (κ2) is 5.10. The molecule has 2 unspecified atom stereocenters. The number of nitrogens with one attached hydrogen (secondary N) is 1. The van der Waals surface area contributed by atoms with Gasteiger partial charge in [0.05, 0.1) is 11.5 Å². The highest BCUT2D eigenvalue weighted by molar-refractivity contribution is 7.91. The van der Waals surface area contributed by atoms with Crippen molar-refractivity contribution in [3.8, 4) is 0 Å². The van der Waals surface area contributed by atoms with Gasteiger partial charge < -0.3 is 5.32 Å². The van der Waals surface area contributed by atoms with Crippen LogP contribution in [-0.4, -0.2) is 56.5 Å². The van der Waals surface area contributed by atoms with Gasteiger partial charge in [0.1, 0.15) is 0 Å². The molecule has 3 heterocycles. The third-order valence-corrected chi connectivity index (χ3v) is 6.70. The largest absolute Gasteiger partial charge is 0.317 e. The van der Waals surface area contributed by atoms with Crippen LogP contribution in [0.2, 0.25) is 0 Å². The number of piperidine rings is 1. The fourth-order valence-corrected chi connectivity index (χ4v) is 5.78. The molecule has 0 aromatic carbocycles. The van der Waals surface area contributed by atoms with Crippen LogP contribution in [0.25, 0.3) is 0 Å². The Bertz CT molecular complexity index is 390. The van der Waals surface area contributed by atoms with E-state index in [1.54, 1.807) is 0 Å². The molecule has 0 aromatic rings. The monoisotopic (exact) mass is 272 g/mol. The Morgan fingerprint density at radius 3 is 2.50 bits per heavy atom. The van der Waals surface area contributed by atoms with Gasteiger partial charge in [-0.05, 0) is 57.7 Å². The second-order valence-electron chi connectivity index (χ2n) is 6.09. The van der Waals surface area contributed by atoms with E-state index >= 15 is 0 Å². The fourth-order valence-electron chi connectivity index (χ4n) is 4.04. The van der Waals surface area contributed by atoms with Gasteiger partial charge in [-0.3, -0.25) is 4.90 Å². The second-order valence-corrected chi connectivity index (χ2v) is 8.32. The fraction of sp³-hybridized carbons (Fsp3) is 1.00. The van der Waals surface area contributed by atoms with Gasteiger partial charge in [-0.25, -0.2) is 8.42 Å². The van der Waals surface area contributed by atoms with E-state index in [1.165, 1.54) is 25.7 Å². The summed E-state index contributed by atoms with van der Waals surface area (Å²) in [6.45, 7) is 3.39. The van der Waals surface area contributed by atoms with Crippen LogP contribution in [0.3, 0.4) is 0 Å². The van der Waals surface area contributed by atoms with Crippen LogP contribution in [0.15, 0.2) is 0 Å². The summed E-state index contributed by atoms with van der Waals surface area (Å²) >= 11 is 0. The first-order valence-corrected chi connectivity index (χ1v) is 9.15. The number of hydrogen-bond donors (Lipinski definition) is 1. The van der Waals surface area contributed by atoms with E-state index < -0.39 is 9.84 Å². The Balaban J connectivity index is 1.67. The van der Waals surface area contributed by atoms with E-state index in [9.17, 15) is 8.42 Å². The van der Waals surface area contributed by atoms with Crippen molar-refractivity contribution in [2.45, 2.75) is 44.2 Å². The minimum Gasteiger partial charge on any atom is -0.317 e. The number of nitrogens with zero attached hydrogens (tertiary/aromatic N) is 1. The average Bonchev–Trinajstić information content (AvgIpc) is 2.96. The molecule has 18 heavy (non-hydrogen) atoms. The molecule has 3 saturated heterocycles. The van der Waals surface area contributed by atoms with E-state index in [0.717, 1.165) is 32.0 Å². The van der Waals surface area contributed by atoms with Crippen molar-refractivity contribution in [1.82, 2.24) is 10.2 Å². The first-order chi connectivity index (χ1) is 8.66. The van der Waals surface area contributed by atoms with Gasteiger partial charge in [0.15, 0.2) is 9.84 Å². The summed E-state index contributed by atoms with van der Waals surface area (Å²) < 4.78 is 23.3. The third-order valence-electron chi connectivity index (χ3n) is 4.95. The van der Waals surface area contributed by atoms with Crippen LogP contribution in [0.1, 0.15) is 32.1 Å². The van der Waals surface area contributed by atoms with E-state index in [0.29, 0.717) is 23.6 Å². The molecule has 0 radical (unpaired) electrons. The molecular weight excluding hydrogens is 248 g/mol. The molecule has 0 spiro atoms. The van der Waals surface area contributed by atoms with Gasteiger partial charge >= 0.3 is 0 Å². The lowest BCUT2D eigenvalue weighted by molar-refractivity contribution is 0.126. The molecule has 104 valence electrons. The number of likely N-dealkylation sites (tertiary alicyclic amines) is 1. The quantitative estimate of drug-likeness (QED) is 0.801. The predicted octanol–water partition coefficient (Wildman–Crippen LogP) is 0.638. The standard InChI is InChI=1S/C13H24N2O2S/c16-18(17)9-5-12(10-18)15-8-1-2-13(15)11-3-6-14-7-4-11/h11-14H,1-10H2. The van der Waals surface area contributed by atoms with Crippen LogP contribution < -0.4 is 5.32 Å². The topological polar surface area (TPSA) is 49.4 Å². The SMILES string of the molecule is O=S1(=O)CCC(N2CCCC2C2CCNCC2)C1. The van der Waals surface area contributed by atoms with Crippen molar-refractivity contribution in [2.24, 2.45) is 5.92 Å². The van der Waals surface area contributed by atoms with Crippen LogP contribution in [0, 0.1) is 5.92 Å². The number of hydrogen-bond acceptors (Lipinski definition) is 4.